The van der Waals surface area contributed by atoms with Crippen molar-refractivity contribution in [2.24, 2.45) is 0 Å². The first-order valence-electron chi connectivity index (χ1n) is 11.2. The lowest BCUT2D eigenvalue weighted by Crippen LogP contribution is -2.49. The molecule has 1 aromatic rings. The maximum Gasteiger partial charge on any atom is 0.419 e. The van der Waals surface area contributed by atoms with Crippen molar-refractivity contribution in [3.05, 3.63) is 53.9 Å². The van der Waals surface area contributed by atoms with Crippen LogP contribution in [0.1, 0.15) is 67.7 Å². The second kappa shape index (κ2) is 10.3. The summed E-state index contributed by atoms with van der Waals surface area (Å²) in [5.41, 5.74) is 1.78. The first-order valence-corrected chi connectivity index (χ1v) is 13.4. The number of hydrogen-bond acceptors (Lipinski definition) is 2. The van der Waals surface area contributed by atoms with Crippen molar-refractivity contribution in [1.82, 2.24) is 4.90 Å². The number of para-hydroxylation sites is 1. The van der Waals surface area contributed by atoms with Crippen LogP contribution in [0.2, 0.25) is 16.6 Å². The lowest BCUT2D eigenvalue weighted by atomic mass is 10.1. The second-order valence-corrected chi connectivity index (χ2v) is 15.0. The van der Waals surface area contributed by atoms with Gasteiger partial charge in [-0.25, -0.2) is 4.79 Å². The molecule has 2 rings (SSSR count). The number of carbonyl (C=O) groups excluding carboxylic acids is 1. The number of unbranched alkanes of at least 4 members (excludes halogenated alkanes) is 1. The predicted molar refractivity (Wildman–Crippen MR) is 126 cm³/mol. The Labute approximate surface area is 178 Å². The Bertz CT molecular complexity index is 700. The van der Waals surface area contributed by atoms with Crippen LogP contribution in [0.25, 0.3) is 0 Å². The molecule has 1 aromatic carbocycles. The topological polar surface area (TPSA) is 29.5 Å². The number of nitrogens with zero attached hydrogens (tertiary/aromatic N) is 1. The zero-order valence-corrected chi connectivity index (χ0v) is 20.3. The smallest absolute Gasteiger partial charge is 0.410 e. The number of allylic oxidation sites excluding steroid dienone is 2. The highest BCUT2D eigenvalue weighted by molar-refractivity contribution is 6.90. The van der Waals surface area contributed by atoms with Crippen LogP contribution in [-0.2, 0) is 0 Å². The van der Waals surface area contributed by atoms with Gasteiger partial charge in [-0.3, -0.25) is 4.90 Å². The number of ether oxygens (including phenoxy) is 1. The summed E-state index contributed by atoms with van der Waals surface area (Å²) in [7, 11) is -1.84. The van der Waals surface area contributed by atoms with E-state index in [4.69, 9.17) is 4.74 Å². The minimum atomic E-state index is -1.84. The van der Waals surface area contributed by atoms with Crippen LogP contribution in [0.3, 0.4) is 0 Å². The lowest BCUT2D eigenvalue weighted by Gasteiger charge is -2.46. The molecule has 0 N–H and O–H groups in total. The summed E-state index contributed by atoms with van der Waals surface area (Å²) < 4.78 is 5.73. The predicted octanol–water partition coefficient (Wildman–Crippen LogP) is 7.72. The van der Waals surface area contributed by atoms with Gasteiger partial charge in [0.2, 0.25) is 0 Å². The molecule has 0 spiro atoms. The fourth-order valence-electron chi connectivity index (χ4n) is 5.33. The highest BCUT2D eigenvalue weighted by Crippen LogP contribution is 2.47. The molecule has 29 heavy (non-hydrogen) atoms. The molecular formula is C25H39NO2Si. The summed E-state index contributed by atoms with van der Waals surface area (Å²) >= 11 is 0. The third-order valence-electron chi connectivity index (χ3n) is 6.51. The van der Waals surface area contributed by atoms with Crippen LogP contribution in [0, 0.1) is 0 Å². The molecule has 160 valence electrons. The summed E-state index contributed by atoms with van der Waals surface area (Å²) in [4.78, 5) is 15.0. The molecule has 0 bridgehead atoms. The summed E-state index contributed by atoms with van der Waals surface area (Å²) in [5, 5.41) is 1.37. The van der Waals surface area contributed by atoms with Crippen molar-refractivity contribution in [1.29, 1.82) is 0 Å². The first-order chi connectivity index (χ1) is 13.7. The normalized spacial score (nSPS) is 17.2. The van der Waals surface area contributed by atoms with Gasteiger partial charge in [0.1, 0.15) is 5.75 Å². The average molecular weight is 414 g/mol. The van der Waals surface area contributed by atoms with E-state index in [1.54, 1.807) is 0 Å². The van der Waals surface area contributed by atoms with Gasteiger partial charge >= 0.3 is 6.09 Å². The standard InChI is InChI=1S/C25H39NO2Si/c1-8-9-13-22-16-17-24(29(19(2)3,20(4)5)21(6)7)18-26(22)25(27)28-23-14-11-10-12-15-23/h10-12,14-22H,8-9,13H2,1-7H3. The summed E-state index contributed by atoms with van der Waals surface area (Å²) in [6.45, 7) is 16.3. The molecule has 0 aromatic heterocycles. The van der Waals surface area contributed by atoms with E-state index in [0.717, 1.165) is 19.3 Å². The Morgan fingerprint density at radius 1 is 1.03 bits per heavy atom. The molecule has 1 atom stereocenters. The first kappa shape index (κ1) is 23.5. The molecular weight excluding hydrogens is 374 g/mol. The second-order valence-electron chi connectivity index (χ2n) is 9.14. The van der Waals surface area contributed by atoms with Crippen molar-refractivity contribution in [3.8, 4) is 5.75 Å². The van der Waals surface area contributed by atoms with Crippen LogP contribution >= 0.6 is 0 Å². The third kappa shape index (κ3) is 5.03. The van der Waals surface area contributed by atoms with Gasteiger partial charge in [0.15, 0.2) is 0 Å². The molecule has 0 fully saturated rings. The molecule has 3 nitrogen and oxygen atoms in total. The van der Waals surface area contributed by atoms with Gasteiger partial charge in [-0.2, -0.15) is 0 Å². The highest BCUT2D eigenvalue weighted by Gasteiger charge is 2.46. The summed E-state index contributed by atoms with van der Waals surface area (Å²) in [6.07, 6.45) is 9.60. The molecule has 1 aliphatic heterocycles. The monoisotopic (exact) mass is 413 g/mol. The number of amides is 1. The molecule has 1 aliphatic rings. The number of carbonyl (C=O) groups is 1. The molecule has 1 amide bonds. The van der Waals surface area contributed by atoms with Gasteiger partial charge in [-0.05, 0) is 40.4 Å². The highest BCUT2D eigenvalue weighted by atomic mass is 28.3. The molecule has 1 unspecified atom stereocenters. The zero-order valence-electron chi connectivity index (χ0n) is 19.3. The lowest BCUT2D eigenvalue weighted by molar-refractivity contribution is 0.159. The summed E-state index contributed by atoms with van der Waals surface area (Å²) in [5.74, 6) is 0.594. The van der Waals surface area contributed by atoms with Crippen LogP contribution in [0.15, 0.2) is 53.9 Å². The van der Waals surface area contributed by atoms with Crippen LogP contribution in [0.4, 0.5) is 4.79 Å². The van der Waals surface area contributed by atoms with Crippen LogP contribution in [0.5, 0.6) is 5.75 Å². The van der Waals surface area contributed by atoms with E-state index < -0.39 is 8.07 Å². The van der Waals surface area contributed by atoms with Crippen molar-refractivity contribution in [3.63, 3.8) is 0 Å². The van der Waals surface area contributed by atoms with E-state index in [0.29, 0.717) is 22.4 Å². The Morgan fingerprint density at radius 3 is 2.14 bits per heavy atom. The molecule has 0 saturated carbocycles. The zero-order chi connectivity index (χ0) is 21.6. The molecule has 4 heteroatoms. The van der Waals surface area contributed by atoms with E-state index in [1.165, 1.54) is 5.20 Å². The quantitative estimate of drug-likeness (QED) is 0.408. The maximum absolute atomic E-state index is 13.2. The number of benzene rings is 1. The van der Waals surface area contributed by atoms with Crippen molar-refractivity contribution >= 4 is 14.2 Å². The molecule has 1 heterocycles. The van der Waals surface area contributed by atoms with E-state index in [1.807, 2.05) is 35.2 Å². The SMILES string of the molecule is CCCCC1C=CC([Si](C(C)C)(C(C)C)C(C)C)=CN1C(=O)Oc1ccccc1. The Morgan fingerprint density at radius 2 is 1.62 bits per heavy atom. The van der Waals surface area contributed by atoms with Gasteiger partial charge in [0.25, 0.3) is 0 Å². The minimum Gasteiger partial charge on any atom is -0.410 e. The van der Waals surface area contributed by atoms with Crippen molar-refractivity contribution < 1.29 is 9.53 Å². The Hall–Kier alpha value is -1.81. The van der Waals surface area contributed by atoms with Gasteiger partial charge in [0, 0.05) is 6.20 Å². The van der Waals surface area contributed by atoms with Gasteiger partial charge in [-0.15, -0.1) is 0 Å². The molecule has 0 aliphatic carbocycles. The number of hydrogen-bond donors (Lipinski definition) is 0. The Kier molecular flexibility index (Phi) is 8.32. The molecule has 0 radical (unpaired) electrons. The minimum absolute atomic E-state index is 0.0631. The van der Waals surface area contributed by atoms with Gasteiger partial charge in [0.05, 0.1) is 14.1 Å². The fourth-order valence-corrected chi connectivity index (χ4v) is 12.1. The largest absolute Gasteiger partial charge is 0.419 e. The summed E-state index contributed by atoms with van der Waals surface area (Å²) in [6, 6.07) is 9.44. The third-order valence-corrected chi connectivity index (χ3v) is 13.5. The maximum atomic E-state index is 13.2. The average Bonchev–Trinajstić information content (AvgIpc) is 2.67. The van der Waals surface area contributed by atoms with Gasteiger partial charge < -0.3 is 4.74 Å². The number of rotatable bonds is 8. The van der Waals surface area contributed by atoms with Crippen molar-refractivity contribution in [2.75, 3.05) is 0 Å². The Balaban J connectivity index is 2.43. The van der Waals surface area contributed by atoms with Crippen molar-refractivity contribution in [2.45, 2.75) is 90.4 Å². The van der Waals surface area contributed by atoms with E-state index >= 15 is 0 Å². The molecule has 0 saturated heterocycles. The fraction of sp³-hybridized carbons (Fsp3) is 0.560. The van der Waals surface area contributed by atoms with Crippen LogP contribution in [-0.4, -0.2) is 25.1 Å². The van der Waals surface area contributed by atoms with Gasteiger partial charge in [-0.1, -0.05) is 91.7 Å². The van der Waals surface area contributed by atoms with E-state index in [2.05, 4.69) is 66.8 Å². The van der Waals surface area contributed by atoms with E-state index in [9.17, 15) is 4.79 Å². The van der Waals surface area contributed by atoms with E-state index in [-0.39, 0.29) is 12.1 Å². The van der Waals surface area contributed by atoms with Crippen LogP contribution < -0.4 is 4.74 Å².